The van der Waals surface area contributed by atoms with Crippen molar-refractivity contribution in [3.8, 4) is 0 Å². The minimum atomic E-state index is 0.294. The second-order valence-corrected chi connectivity index (χ2v) is 5.26. The predicted molar refractivity (Wildman–Crippen MR) is 74.9 cm³/mol. The maximum Gasteiger partial charge on any atom is 0.0443 e. The van der Waals surface area contributed by atoms with Crippen LogP contribution in [0.15, 0.2) is 24.3 Å². The lowest BCUT2D eigenvalue weighted by Crippen LogP contribution is -2.46. The van der Waals surface area contributed by atoms with Crippen molar-refractivity contribution < 1.29 is 5.11 Å². The second kappa shape index (κ2) is 7.10. The Labute approximate surface area is 114 Å². The molecule has 2 rings (SSSR count). The molecular formula is C14H21ClN2O. The van der Waals surface area contributed by atoms with Crippen molar-refractivity contribution in [2.75, 3.05) is 39.3 Å². The molecule has 1 aliphatic rings. The van der Waals surface area contributed by atoms with Crippen LogP contribution in [0, 0.1) is 0 Å². The Morgan fingerprint density at radius 1 is 1.11 bits per heavy atom. The van der Waals surface area contributed by atoms with Gasteiger partial charge in [-0.05, 0) is 24.1 Å². The fourth-order valence-electron chi connectivity index (χ4n) is 2.36. The van der Waals surface area contributed by atoms with E-state index in [1.54, 1.807) is 0 Å². The van der Waals surface area contributed by atoms with Gasteiger partial charge in [-0.15, -0.1) is 0 Å². The van der Waals surface area contributed by atoms with E-state index in [2.05, 4.69) is 15.9 Å². The number of aliphatic hydroxyl groups excluding tert-OH is 1. The zero-order chi connectivity index (χ0) is 12.8. The molecule has 1 fully saturated rings. The standard InChI is InChI=1S/C14H21ClN2O/c15-14-4-1-3-13(11-14)12-17-8-6-16(7-9-17)5-2-10-18/h1,3-4,11,18H,2,5-10,12H2. The number of piperazine rings is 1. The lowest BCUT2D eigenvalue weighted by Gasteiger charge is -2.34. The normalized spacial score (nSPS) is 18.1. The number of aliphatic hydroxyl groups is 1. The molecule has 0 bridgehead atoms. The number of hydrogen-bond acceptors (Lipinski definition) is 3. The molecule has 1 aromatic carbocycles. The first-order valence-corrected chi connectivity index (χ1v) is 6.96. The van der Waals surface area contributed by atoms with Gasteiger partial charge in [-0.1, -0.05) is 23.7 Å². The smallest absolute Gasteiger partial charge is 0.0443 e. The quantitative estimate of drug-likeness (QED) is 0.883. The third-order valence-corrected chi connectivity index (χ3v) is 3.63. The molecule has 0 radical (unpaired) electrons. The highest BCUT2D eigenvalue weighted by atomic mass is 35.5. The average molecular weight is 269 g/mol. The van der Waals surface area contributed by atoms with E-state index in [1.807, 2.05) is 18.2 Å². The van der Waals surface area contributed by atoms with Gasteiger partial charge in [0.1, 0.15) is 0 Å². The summed E-state index contributed by atoms with van der Waals surface area (Å²) in [5.74, 6) is 0. The molecule has 0 aliphatic carbocycles. The molecule has 0 atom stereocenters. The summed E-state index contributed by atoms with van der Waals surface area (Å²) in [5.41, 5.74) is 1.28. The van der Waals surface area contributed by atoms with Crippen molar-refractivity contribution in [2.45, 2.75) is 13.0 Å². The zero-order valence-corrected chi connectivity index (χ0v) is 11.4. The molecule has 0 aromatic heterocycles. The summed E-state index contributed by atoms with van der Waals surface area (Å²) < 4.78 is 0. The van der Waals surface area contributed by atoms with Crippen LogP contribution in [0.1, 0.15) is 12.0 Å². The molecule has 0 amide bonds. The van der Waals surface area contributed by atoms with Crippen LogP contribution in [0.5, 0.6) is 0 Å². The Kier molecular flexibility index (Phi) is 5.45. The van der Waals surface area contributed by atoms with Crippen LogP contribution in [-0.4, -0.2) is 54.2 Å². The Balaban J connectivity index is 1.76. The van der Waals surface area contributed by atoms with E-state index in [9.17, 15) is 0 Å². The number of hydrogen-bond donors (Lipinski definition) is 1. The first-order valence-electron chi connectivity index (χ1n) is 6.58. The van der Waals surface area contributed by atoms with Crippen molar-refractivity contribution in [1.29, 1.82) is 0 Å². The van der Waals surface area contributed by atoms with Crippen LogP contribution >= 0.6 is 11.6 Å². The third-order valence-electron chi connectivity index (χ3n) is 3.39. The Morgan fingerprint density at radius 2 is 1.83 bits per heavy atom. The van der Waals surface area contributed by atoms with Crippen LogP contribution in [0.4, 0.5) is 0 Å². The van der Waals surface area contributed by atoms with Gasteiger partial charge < -0.3 is 10.0 Å². The number of benzene rings is 1. The minimum absolute atomic E-state index is 0.294. The van der Waals surface area contributed by atoms with Crippen molar-refractivity contribution in [3.05, 3.63) is 34.9 Å². The topological polar surface area (TPSA) is 26.7 Å². The predicted octanol–water partition coefficient (Wildman–Crippen LogP) is 1.84. The van der Waals surface area contributed by atoms with E-state index in [4.69, 9.17) is 16.7 Å². The molecule has 3 nitrogen and oxygen atoms in total. The van der Waals surface area contributed by atoms with Gasteiger partial charge in [-0.2, -0.15) is 0 Å². The first kappa shape index (κ1) is 13.8. The molecule has 100 valence electrons. The SMILES string of the molecule is OCCCN1CCN(Cc2cccc(Cl)c2)CC1. The largest absolute Gasteiger partial charge is 0.396 e. The highest BCUT2D eigenvalue weighted by molar-refractivity contribution is 6.30. The van der Waals surface area contributed by atoms with Gasteiger partial charge >= 0.3 is 0 Å². The van der Waals surface area contributed by atoms with Crippen LogP contribution in [0.25, 0.3) is 0 Å². The maximum absolute atomic E-state index is 8.82. The molecule has 0 unspecified atom stereocenters. The molecule has 0 spiro atoms. The van der Waals surface area contributed by atoms with E-state index in [1.165, 1.54) is 5.56 Å². The second-order valence-electron chi connectivity index (χ2n) is 4.82. The number of nitrogens with zero attached hydrogens (tertiary/aromatic N) is 2. The van der Waals surface area contributed by atoms with Gasteiger partial charge in [-0.25, -0.2) is 0 Å². The van der Waals surface area contributed by atoms with Gasteiger partial charge in [0, 0.05) is 50.9 Å². The summed E-state index contributed by atoms with van der Waals surface area (Å²) in [6, 6.07) is 8.09. The van der Waals surface area contributed by atoms with E-state index in [0.29, 0.717) is 6.61 Å². The van der Waals surface area contributed by atoms with Gasteiger partial charge in [0.2, 0.25) is 0 Å². The lowest BCUT2D eigenvalue weighted by molar-refractivity contribution is 0.120. The number of rotatable bonds is 5. The van der Waals surface area contributed by atoms with Crippen molar-refractivity contribution in [2.24, 2.45) is 0 Å². The molecular weight excluding hydrogens is 248 g/mol. The summed E-state index contributed by atoms with van der Waals surface area (Å²) in [4.78, 5) is 4.88. The highest BCUT2D eigenvalue weighted by Gasteiger charge is 2.16. The average Bonchev–Trinajstić information content (AvgIpc) is 2.38. The van der Waals surface area contributed by atoms with Crippen LogP contribution < -0.4 is 0 Å². The number of halogens is 1. The molecule has 18 heavy (non-hydrogen) atoms. The maximum atomic E-state index is 8.82. The molecule has 1 heterocycles. The minimum Gasteiger partial charge on any atom is -0.396 e. The Morgan fingerprint density at radius 3 is 2.50 bits per heavy atom. The van der Waals surface area contributed by atoms with Gasteiger partial charge in [0.15, 0.2) is 0 Å². The van der Waals surface area contributed by atoms with Gasteiger partial charge in [-0.3, -0.25) is 4.90 Å². The van der Waals surface area contributed by atoms with Crippen LogP contribution in [0.2, 0.25) is 5.02 Å². The summed E-state index contributed by atoms with van der Waals surface area (Å²) in [5, 5.41) is 9.63. The molecule has 1 saturated heterocycles. The lowest BCUT2D eigenvalue weighted by atomic mass is 10.2. The van der Waals surface area contributed by atoms with E-state index < -0.39 is 0 Å². The van der Waals surface area contributed by atoms with Crippen molar-refractivity contribution in [1.82, 2.24) is 9.80 Å². The fourth-order valence-corrected chi connectivity index (χ4v) is 2.57. The zero-order valence-electron chi connectivity index (χ0n) is 10.7. The Hall–Kier alpha value is -0.610. The van der Waals surface area contributed by atoms with Crippen LogP contribution in [0.3, 0.4) is 0 Å². The van der Waals surface area contributed by atoms with Crippen molar-refractivity contribution in [3.63, 3.8) is 0 Å². The van der Waals surface area contributed by atoms with Crippen LogP contribution in [-0.2, 0) is 6.54 Å². The summed E-state index contributed by atoms with van der Waals surface area (Å²) >= 11 is 5.99. The summed E-state index contributed by atoms with van der Waals surface area (Å²) in [6.07, 6.45) is 0.883. The molecule has 1 aromatic rings. The summed E-state index contributed by atoms with van der Waals surface area (Å²) in [7, 11) is 0. The molecule has 4 heteroatoms. The molecule has 1 N–H and O–H groups in total. The molecule has 1 aliphatic heterocycles. The van der Waals surface area contributed by atoms with E-state index in [0.717, 1.165) is 50.7 Å². The Bertz CT molecular complexity index is 365. The van der Waals surface area contributed by atoms with Crippen molar-refractivity contribution >= 4 is 11.6 Å². The monoisotopic (exact) mass is 268 g/mol. The fraction of sp³-hybridized carbons (Fsp3) is 0.571. The third kappa shape index (κ3) is 4.25. The summed E-state index contributed by atoms with van der Waals surface area (Å²) in [6.45, 7) is 6.68. The van der Waals surface area contributed by atoms with Gasteiger partial charge in [0.25, 0.3) is 0 Å². The molecule has 0 saturated carbocycles. The van der Waals surface area contributed by atoms with Gasteiger partial charge in [0.05, 0.1) is 0 Å². The van der Waals surface area contributed by atoms with E-state index in [-0.39, 0.29) is 0 Å². The van der Waals surface area contributed by atoms with E-state index >= 15 is 0 Å². The first-order chi connectivity index (χ1) is 8.78. The highest BCUT2D eigenvalue weighted by Crippen LogP contribution is 2.13.